The van der Waals surface area contributed by atoms with E-state index in [0.29, 0.717) is 5.95 Å². The average Bonchev–Trinajstić information content (AvgIpc) is 2.45. The Morgan fingerprint density at radius 1 is 1.11 bits per heavy atom. The van der Waals surface area contributed by atoms with Gasteiger partial charge in [-0.3, -0.25) is 5.43 Å². The maximum atomic E-state index is 5.25. The summed E-state index contributed by atoms with van der Waals surface area (Å²) in [5.41, 5.74) is 3.77. The molecule has 0 saturated carbocycles. The molecule has 5 nitrogen and oxygen atoms in total. The third-order valence-electron chi connectivity index (χ3n) is 2.58. The third kappa shape index (κ3) is 3.71. The van der Waals surface area contributed by atoms with E-state index >= 15 is 0 Å². The Morgan fingerprint density at radius 2 is 1.94 bits per heavy atom. The number of benzene rings is 1. The minimum Gasteiger partial charge on any atom is -0.370 e. The molecule has 0 radical (unpaired) electrons. The molecule has 0 saturated heterocycles. The Kier molecular flexibility index (Phi) is 4.49. The van der Waals surface area contributed by atoms with Gasteiger partial charge in [-0.1, -0.05) is 30.3 Å². The number of hydrazine groups is 1. The number of anilines is 2. The molecule has 0 amide bonds. The predicted molar refractivity (Wildman–Crippen MR) is 73.1 cm³/mol. The van der Waals surface area contributed by atoms with Gasteiger partial charge < -0.3 is 5.32 Å². The Morgan fingerprint density at radius 3 is 2.72 bits per heavy atom. The van der Waals surface area contributed by atoms with Crippen LogP contribution in [0.25, 0.3) is 0 Å². The monoisotopic (exact) mass is 243 g/mol. The lowest BCUT2D eigenvalue weighted by atomic mass is 10.1. The van der Waals surface area contributed by atoms with Crippen LogP contribution >= 0.6 is 0 Å². The fraction of sp³-hybridized carbons (Fsp3) is 0.231. The highest BCUT2D eigenvalue weighted by atomic mass is 15.3. The summed E-state index contributed by atoms with van der Waals surface area (Å²) in [7, 11) is 0. The number of nitrogens with two attached hydrogens (primary N) is 1. The van der Waals surface area contributed by atoms with E-state index < -0.39 is 0 Å². The van der Waals surface area contributed by atoms with E-state index in [1.54, 1.807) is 6.20 Å². The van der Waals surface area contributed by atoms with Crippen molar-refractivity contribution in [1.82, 2.24) is 9.97 Å². The quantitative estimate of drug-likeness (QED) is 0.410. The number of nitrogen functional groups attached to an aromatic ring is 1. The Labute approximate surface area is 106 Å². The molecule has 0 aliphatic heterocycles. The first-order valence-electron chi connectivity index (χ1n) is 5.96. The molecule has 0 fully saturated rings. The molecule has 18 heavy (non-hydrogen) atoms. The van der Waals surface area contributed by atoms with Gasteiger partial charge >= 0.3 is 0 Å². The average molecular weight is 243 g/mol. The minimum atomic E-state index is 0.419. The van der Waals surface area contributed by atoms with Crippen molar-refractivity contribution in [1.29, 1.82) is 0 Å². The summed E-state index contributed by atoms with van der Waals surface area (Å²) in [6, 6.07) is 12.3. The van der Waals surface area contributed by atoms with Gasteiger partial charge in [0, 0.05) is 12.7 Å². The van der Waals surface area contributed by atoms with Crippen LogP contribution in [0.5, 0.6) is 0 Å². The summed E-state index contributed by atoms with van der Waals surface area (Å²) in [4.78, 5) is 8.12. The van der Waals surface area contributed by atoms with E-state index in [2.05, 4.69) is 45.0 Å². The third-order valence-corrected chi connectivity index (χ3v) is 2.58. The number of aromatic nitrogens is 2. The maximum absolute atomic E-state index is 5.25. The van der Waals surface area contributed by atoms with Gasteiger partial charge in [-0.15, -0.1) is 0 Å². The van der Waals surface area contributed by atoms with Crippen molar-refractivity contribution in [3.63, 3.8) is 0 Å². The van der Waals surface area contributed by atoms with Crippen LogP contribution in [-0.4, -0.2) is 16.5 Å². The van der Waals surface area contributed by atoms with Crippen LogP contribution in [-0.2, 0) is 6.42 Å². The van der Waals surface area contributed by atoms with Crippen LogP contribution in [0.2, 0.25) is 0 Å². The smallest absolute Gasteiger partial charge is 0.239 e. The first-order chi connectivity index (χ1) is 8.88. The summed E-state index contributed by atoms with van der Waals surface area (Å²) >= 11 is 0. The fourth-order valence-electron chi connectivity index (χ4n) is 1.68. The molecule has 0 unspecified atom stereocenters. The lowest BCUT2D eigenvalue weighted by Crippen LogP contribution is -2.12. The summed E-state index contributed by atoms with van der Waals surface area (Å²) in [5.74, 6) is 6.45. The lowest BCUT2D eigenvalue weighted by Gasteiger charge is -2.06. The van der Waals surface area contributed by atoms with Crippen molar-refractivity contribution in [2.75, 3.05) is 17.3 Å². The zero-order valence-electron chi connectivity index (χ0n) is 10.1. The zero-order valence-corrected chi connectivity index (χ0v) is 10.1. The maximum Gasteiger partial charge on any atom is 0.239 e. The standard InChI is InChI=1S/C13H17N5/c14-18-13-16-10-8-12(17-13)15-9-4-7-11-5-2-1-3-6-11/h1-3,5-6,8,10H,4,7,9,14H2,(H2,15,16,17,18). The lowest BCUT2D eigenvalue weighted by molar-refractivity contribution is 0.858. The van der Waals surface area contributed by atoms with E-state index in [-0.39, 0.29) is 0 Å². The van der Waals surface area contributed by atoms with Gasteiger partial charge in [0.1, 0.15) is 5.82 Å². The number of hydrogen-bond donors (Lipinski definition) is 3. The van der Waals surface area contributed by atoms with Crippen molar-refractivity contribution < 1.29 is 0 Å². The molecule has 94 valence electrons. The molecule has 0 bridgehead atoms. The Balaban J connectivity index is 1.75. The molecule has 4 N–H and O–H groups in total. The van der Waals surface area contributed by atoms with E-state index in [9.17, 15) is 0 Å². The second-order valence-electron chi connectivity index (χ2n) is 3.93. The largest absolute Gasteiger partial charge is 0.370 e. The summed E-state index contributed by atoms with van der Waals surface area (Å²) in [6.07, 6.45) is 3.78. The summed E-state index contributed by atoms with van der Waals surface area (Å²) < 4.78 is 0. The van der Waals surface area contributed by atoms with Gasteiger partial charge in [-0.05, 0) is 24.5 Å². The molecule has 5 heteroatoms. The molecule has 2 rings (SSSR count). The highest BCUT2D eigenvalue weighted by molar-refractivity contribution is 5.38. The van der Waals surface area contributed by atoms with Gasteiger partial charge in [0.05, 0.1) is 0 Å². The van der Waals surface area contributed by atoms with Gasteiger partial charge in [-0.2, -0.15) is 4.98 Å². The van der Waals surface area contributed by atoms with E-state index in [1.807, 2.05) is 12.1 Å². The van der Waals surface area contributed by atoms with Crippen molar-refractivity contribution in [3.8, 4) is 0 Å². The predicted octanol–water partition coefficient (Wildman–Crippen LogP) is 1.81. The summed E-state index contributed by atoms with van der Waals surface area (Å²) in [5, 5.41) is 3.24. The van der Waals surface area contributed by atoms with Crippen LogP contribution in [0.15, 0.2) is 42.6 Å². The molecule has 1 aromatic carbocycles. The fourth-order valence-corrected chi connectivity index (χ4v) is 1.68. The topological polar surface area (TPSA) is 75.9 Å². The number of hydrogen-bond acceptors (Lipinski definition) is 5. The number of rotatable bonds is 6. The van der Waals surface area contributed by atoms with Gasteiger partial charge in [0.2, 0.25) is 5.95 Å². The SMILES string of the molecule is NNc1nccc(NCCCc2ccccc2)n1. The normalized spacial score (nSPS) is 10.1. The van der Waals surface area contributed by atoms with Crippen LogP contribution in [0, 0.1) is 0 Å². The van der Waals surface area contributed by atoms with Gasteiger partial charge in [-0.25, -0.2) is 10.8 Å². The molecule has 0 atom stereocenters. The first kappa shape index (κ1) is 12.3. The van der Waals surface area contributed by atoms with E-state index in [4.69, 9.17) is 5.84 Å². The number of nitrogens with one attached hydrogen (secondary N) is 2. The molecule has 0 aliphatic carbocycles. The molecule has 1 heterocycles. The Bertz CT molecular complexity index is 472. The highest BCUT2D eigenvalue weighted by Crippen LogP contribution is 2.06. The molecular weight excluding hydrogens is 226 g/mol. The van der Waals surface area contributed by atoms with E-state index in [0.717, 1.165) is 25.2 Å². The van der Waals surface area contributed by atoms with Crippen LogP contribution in [0.3, 0.4) is 0 Å². The second kappa shape index (κ2) is 6.56. The molecule has 1 aromatic heterocycles. The molecule has 0 aliphatic rings. The highest BCUT2D eigenvalue weighted by Gasteiger charge is 1.97. The van der Waals surface area contributed by atoms with Crippen molar-refractivity contribution in [2.45, 2.75) is 12.8 Å². The first-order valence-corrected chi connectivity index (χ1v) is 5.96. The van der Waals surface area contributed by atoms with Crippen LogP contribution < -0.4 is 16.6 Å². The zero-order chi connectivity index (χ0) is 12.6. The van der Waals surface area contributed by atoms with Crippen LogP contribution in [0.1, 0.15) is 12.0 Å². The number of aryl methyl sites for hydroxylation is 1. The van der Waals surface area contributed by atoms with E-state index in [1.165, 1.54) is 5.56 Å². The molecular formula is C13H17N5. The van der Waals surface area contributed by atoms with Crippen molar-refractivity contribution >= 4 is 11.8 Å². The Hall–Kier alpha value is -2.14. The molecule has 2 aromatic rings. The van der Waals surface area contributed by atoms with Crippen LogP contribution in [0.4, 0.5) is 11.8 Å². The van der Waals surface area contributed by atoms with Crippen molar-refractivity contribution in [3.05, 3.63) is 48.2 Å². The number of nitrogens with zero attached hydrogens (tertiary/aromatic N) is 2. The molecule has 0 spiro atoms. The van der Waals surface area contributed by atoms with Gasteiger partial charge in [0.25, 0.3) is 0 Å². The summed E-state index contributed by atoms with van der Waals surface area (Å²) in [6.45, 7) is 0.871. The second-order valence-corrected chi connectivity index (χ2v) is 3.93. The van der Waals surface area contributed by atoms with Crippen molar-refractivity contribution in [2.24, 2.45) is 5.84 Å². The minimum absolute atomic E-state index is 0.419. The van der Waals surface area contributed by atoms with Gasteiger partial charge in [0.15, 0.2) is 0 Å².